The molecule has 1 heterocycles. The van der Waals surface area contributed by atoms with E-state index in [1.54, 1.807) is 6.20 Å². The average Bonchev–Trinajstić information content (AvgIpc) is 2.54. The number of nitrogens with zero attached hydrogens (tertiary/aromatic N) is 1. The number of benzene rings is 1. The van der Waals surface area contributed by atoms with Gasteiger partial charge >= 0.3 is 0 Å². The molecule has 3 nitrogen and oxygen atoms in total. The van der Waals surface area contributed by atoms with E-state index in [0.717, 1.165) is 16.8 Å². The Hall–Kier alpha value is -2.26. The van der Waals surface area contributed by atoms with Crippen LogP contribution in [0.3, 0.4) is 0 Å². The Bertz CT molecular complexity index is 647. The standard InChI is InChI=1S/C19H20NO2/c1-14(2)22-13-11-19(21)15(3)16-8-4-5-9-17(16)18-10-6-7-12-20-18/h4-8,10,12,14H,3,11,13H2,1-2H3. The summed E-state index contributed by atoms with van der Waals surface area (Å²) < 4.78 is 5.43. The Morgan fingerprint density at radius 2 is 2.14 bits per heavy atom. The number of aromatic nitrogens is 1. The maximum atomic E-state index is 12.3. The van der Waals surface area contributed by atoms with Crippen molar-refractivity contribution in [3.63, 3.8) is 0 Å². The monoisotopic (exact) mass is 294 g/mol. The second-order valence-corrected chi connectivity index (χ2v) is 5.25. The molecule has 0 unspecified atom stereocenters. The van der Waals surface area contributed by atoms with Gasteiger partial charge in [-0.25, -0.2) is 0 Å². The number of ketones is 1. The van der Waals surface area contributed by atoms with Crippen molar-refractivity contribution in [2.24, 2.45) is 0 Å². The van der Waals surface area contributed by atoms with Crippen molar-refractivity contribution < 1.29 is 9.53 Å². The van der Waals surface area contributed by atoms with Gasteiger partial charge in [-0.3, -0.25) is 9.78 Å². The third kappa shape index (κ3) is 4.12. The molecule has 1 aromatic heterocycles. The minimum atomic E-state index is -0.0163. The molecule has 0 saturated carbocycles. The van der Waals surface area contributed by atoms with Crippen LogP contribution in [0.2, 0.25) is 0 Å². The quantitative estimate of drug-likeness (QED) is 0.726. The number of pyridine rings is 1. The van der Waals surface area contributed by atoms with E-state index in [0.29, 0.717) is 18.6 Å². The summed E-state index contributed by atoms with van der Waals surface area (Å²) in [6.07, 6.45) is 2.17. The molecular formula is C19H20NO2. The minimum absolute atomic E-state index is 0.0163. The van der Waals surface area contributed by atoms with Gasteiger partial charge in [0.2, 0.25) is 0 Å². The molecule has 0 aliphatic carbocycles. The first-order valence-corrected chi connectivity index (χ1v) is 7.35. The maximum absolute atomic E-state index is 12.3. The van der Waals surface area contributed by atoms with Gasteiger partial charge in [-0.05, 0) is 37.6 Å². The number of carbonyl (C=O) groups is 1. The molecule has 0 amide bonds. The van der Waals surface area contributed by atoms with E-state index in [4.69, 9.17) is 4.74 Å². The van der Waals surface area contributed by atoms with Crippen LogP contribution >= 0.6 is 0 Å². The van der Waals surface area contributed by atoms with E-state index < -0.39 is 0 Å². The number of hydrogen-bond acceptors (Lipinski definition) is 3. The molecule has 3 heteroatoms. The van der Waals surface area contributed by atoms with Crippen LogP contribution in [-0.4, -0.2) is 23.5 Å². The molecule has 2 aromatic rings. The van der Waals surface area contributed by atoms with E-state index in [2.05, 4.69) is 17.6 Å². The smallest absolute Gasteiger partial charge is 0.165 e. The van der Waals surface area contributed by atoms with Crippen molar-refractivity contribution in [3.8, 4) is 11.3 Å². The number of carbonyl (C=O) groups excluding carboxylic acids is 1. The molecule has 0 saturated heterocycles. The predicted octanol–water partition coefficient (Wildman–Crippen LogP) is 3.95. The predicted molar refractivity (Wildman–Crippen MR) is 88.3 cm³/mol. The van der Waals surface area contributed by atoms with E-state index in [1.807, 2.05) is 50.2 Å². The normalized spacial score (nSPS) is 10.7. The first-order valence-electron chi connectivity index (χ1n) is 7.35. The molecule has 0 fully saturated rings. The molecule has 0 N–H and O–H groups in total. The van der Waals surface area contributed by atoms with Gasteiger partial charge in [-0.2, -0.15) is 0 Å². The Kier molecular flexibility index (Phi) is 5.61. The maximum Gasteiger partial charge on any atom is 0.165 e. The first-order chi connectivity index (χ1) is 10.6. The van der Waals surface area contributed by atoms with E-state index in [1.165, 1.54) is 0 Å². The van der Waals surface area contributed by atoms with Crippen molar-refractivity contribution in [2.45, 2.75) is 26.4 Å². The lowest BCUT2D eigenvalue weighted by Gasteiger charge is -2.11. The van der Waals surface area contributed by atoms with Gasteiger partial charge in [0.25, 0.3) is 0 Å². The Morgan fingerprint density at radius 3 is 2.82 bits per heavy atom. The fourth-order valence-electron chi connectivity index (χ4n) is 2.10. The second-order valence-electron chi connectivity index (χ2n) is 5.25. The highest BCUT2D eigenvalue weighted by Crippen LogP contribution is 2.27. The Balaban J connectivity index is 2.18. The third-order valence-electron chi connectivity index (χ3n) is 3.22. The summed E-state index contributed by atoms with van der Waals surface area (Å²) in [5, 5.41) is 0. The zero-order valence-electron chi connectivity index (χ0n) is 13.0. The summed E-state index contributed by atoms with van der Waals surface area (Å²) in [7, 11) is 0. The topological polar surface area (TPSA) is 39.2 Å². The van der Waals surface area contributed by atoms with Crippen LogP contribution < -0.4 is 0 Å². The van der Waals surface area contributed by atoms with Gasteiger partial charge in [0, 0.05) is 23.8 Å². The van der Waals surface area contributed by atoms with Crippen LogP contribution in [0, 0.1) is 6.07 Å². The van der Waals surface area contributed by atoms with Crippen LogP contribution in [-0.2, 0) is 9.53 Å². The molecule has 0 aliphatic heterocycles. The minimum Gasteiger partial charge on any atom is -0.378 e. The van der Waals surface area contributed by atoms with Crippen LogP contribution in [0.15, 0.2) is 49.2 Å². The summed E-state index contributed by atoms with van der Waals surface area (Å²) in [6.45, 7) is 8.26. The van der Waals surface area contributed by atoms with Crippen LogP contribution in [0.25, 0.3) is 16.8 Å². The van der Waals surface area contributed by atoms with Crippen molar-refractivity contribution in [1.29, 1.82) is 0 Å². The second kappa shape index (κ2) is 7.66. The summed E-state index contributed by atoms with van der Waals surface area (Å²) in [6, 6.07) is 14.4. The van der Waals surface area contributed by atoms with Gasteiger partial charge in [-0.1, -0.05) is 30.8 Å². The van der Waals surface area contributed by atoms with E-state index in [-0.39, 0.29) is 11.9 Å². The van der Waals surface area contributed by atoms with E-state index in [9.17, 15) is 4.79 Å². The lowest BCUT2D eigenvalue weighted by molar-refractivity contribution is -0.115. The molecule has 0 spiro atoms. The van der Waals surface area contributed by atoms with Crippen molar-refractivity contribution in [1.82, 2.24) is 4.98 Å². The van der Waals surface area contributed by atoms with Gasteiger partial charge in [0.15, 0.2) is 5.78 Å². The summed E-state index contributed by atoms with van der Waals surface area (Å²) in [5.41, 5.74) is 2.83. The number of ether oxygens (including phenoxy) is 1. The zero-order chi connectivity index (χ0) is 15.9. The Morgan fingerprint density at radius 1 is 1.32 bits per heavy atom. The van der Waals surface area contributed by atoms with Crippen molar-refractivity contribution in [3.05, 3.63) is 60.8 Å². The zero-order valence-corrected chi connectivity index (χ0v) is 13.0. The molecule has 1 aromatic carbocycles. The highest BCUT2D eigenvalue weighted by atomic mass is 16.5. The summed E-state index contributed by atoms with van der Waals surface area (Å²) in [4.78, 5) is 16.6. The first kappa shape index (κ1) is 16.1. The van der Waals surface area contributed by atoms with Crippen LogP contribution in [0.4, 0.5) is 0 Å². The molecule has 22 heavy (non-hydrogen) atoms. The largest absolute Gasteiger partial charge is 0.378 e. The molecular weight excluding hydrogens is 274 g/mol. The highest BCUT2D eigenvalue weighted by Gasteiger charge is 2.15. The molecule has 113 valence electrons. The number of hydrogen-bond donors (Lipinski definition) is 0. The molecule has 1 radical (unpaired) electrons. The number of rotatable bonds is 7. The lowest BCUT2D eigenvalue weighted by atomic mass is 9.95. The van der Waals surface area contributed by atoms with Gasteiger partial charge in [0.1, 0.15) is 0 Å². The van der Waals surface area contributed by atoms with Crippen LogP contribution in [0.5, 0.6) is 0 Å². The third-order valence-corrected chi connectivity index (χ3v) is 3.22. The number of allylic oxidation sites excluding steroid dienone is 1. The molecule has 0 atom stereocenters. The van der Waals surface area contributed by atoms with Gasteiger partial charge in [0.05, 0.1) is 18.4 Å². The van der Waals surface area contributed by atoms with Gasteiger partial charge in [-0.15, -0.1) is 0 Å². The fraction of sp³-hybridized carbons (Fsp3) is 0.263. The molecule has 0 aliphatic rings. The lowest BCUT2D eigenvalue weighted by Crippen LogP contribution is -2.10. The Labute approximate surface area is 131 Å². The highest BCUT2D eigenvalue weighted by molar-refractivity contribution is 6.21. The van der Waals surface area contributed by atoms with Crippen molar-refractivity contribution >= 4 is 11.4 Å². The molecule has 0 bridgehead atoms. The number of Topliss-reactive ketones (excluding diaryl/α,β-unsaturated/α-hetero) is 1. The van der Waals surface area contributed by atoms with E-state index >= 15 is 0 Å². The molecule has 2 rings (SSSR count). The SMILES string of the molecule is C=C(C(=O)CCOC(C)C)c1ccc[c]c1-c1ccccn1. The fourth-order valence-corrected chi connectivity index (χ4v) is 2.10. The summed E-state index contributed by atoms with van der Waals surface area (Å²) in [5.74, 6) is -0.0163. The van der Waals surface area contributed by atoms with Gasteiger partial charge < -0.3 is 4.74 Å². The summed E-state index contributed by atoms with van der Waals surface area (Å²) >= 11 is 0. The van der Waals surface area contributed by atoms with Crippen LogP contribution in [0.1, 0.15) is 25.8 Å². The average molecular weight is 294 g/mol. The van der Waals surface area contributed by atoms with Crippen molar-refractivity contribution in [2.75, 3.05) is 6.61 Å².